The molecule has 2 saturated heterocycles. The molecule has 0 radical (unpaired) electrons. The summed E-state index contributed by atoms with van der Waals surface area (Å²) in [6.45, 7) is 12.9. The first-order valence-corrected chi connectivity index (χ1v) is 17.4. The third-order valence-electron chi connectivity index (χ3n) is 10.3. The lowest BCUT2D eigenvalue weighted by Gasteiger charge is -2.43. The van der Waals surface area contributed by atoms with E-state index in [0.717, 1.165) is 85.9 Å². The maximum Gasteiger partial charge on any atom is 0.274 e. The van der Waals surface area contributed by atoms with E-state index in [0.29, 0.717) is 29.9 Å². The Morgan fingerprint density at radius 2 is 1.81 bits per heavy atom. The van der Waals surface area contributed by atoms with Crippen molar-refractivity contribution in [3.8, 4) is 11.1 Å². The first kappa shape index (κ1) is 30.3. The normalized spacial score (nSPS) is 19.4. The van der Waals surface area contributed by atoms with Gasteiger partial charge in [-0.25, -0.2) is 9.97 Å². The smallest absolute Gasteiger partial charge is 0.274 e. The van der Waals surface area contributed by atoms with E-state index >= 15 is 0 Å². The zero-order chi connectivity index (χ0) is 32.4. The Bertz CT molecular complexity index is 1920. The average molecular weight is 652 g/mol. The Morgan fingerprint density at radius 3 is 2.53 bits per heavy atom. The fourth-order valence-electron chi connectivity index (χ4n) is 7.58. The number of thiophene rings is 1. The Kier molecular flexibility index (Phi) is 7.46. The van der Waals surface area contributed by atoms with Gasteiger partial charge in [-0.05, 0) is 78.1 Å². The molecule has 1 amide bonds. The summed E-state index contributed by atoms with van der Waals surface area (Å²) in [5, 5.41) is 3.27. The summed E-state index contributed by atoms with van der Waals surface area (Å²) in [4.78, 5) is 45.4. The number of aryl methyl sites for hydroxylation is 1. The third-order valence-corrected chi connectivity index (χ3v) is 11.5. The SMILES string of the molecule is Cc1c(-c2cc(Nc3ccc(N4CCN(C5COC5)CC4)cn3)c(=O)n(C)c2)ccnc1N1CCc2c(sc3c2CC(C)(C)C3)C1=O. The van der Waals surface area contributed by atoms with Crippen LogP contribution in [-0.2, 0) is 31.0 Å². The number of aromatic nitrogens is 3. The van der Waals surface area contributed by atoms with Crippen LogP contribution in [0.15, 0.2) is 47.7 Å². The lowest BCUT2D eigenvalue weighted by molar-refractivity contribution is -0.0660. The Hall–Kier alpha value is -4.06. The summed E-state index contributed by atoms with van der Waals surface area (Å²) in [6.07, 6.45) is 8.41. The van der Waals surface area contributed by atoms with E-state index < -0.39 is 0 Å². The van der Waals surface area contributed by atoms with Gasteiger partial charge in [0, 0.05) is 62.6 Å². The highest BCUT2D eigenvalue weighted by atomic mass is 32.1. The second-order valence-corrected chi connectivity index (χ2v) is 15.2. The molecule has 8 rings (SSSR count). The number of anilines is 4. The van der Waals surface area contributed by atoms with Gasteiger partial charge in [0.15, 0.2) is 0 Å². The van der Waals surface area contributed by atoms with E-state index in [9.17, 15) is 9.59 Å². The Labute approximate surface area is 279 Å². The fourth-order valence-corrected chi connectivity index (χ4v) is 9.16. The number of nitrogens with zero attached hydrogens (tertiary/aromatic N) is 6. The van der Waals surface area contributed by atoms with Crippen molar-refractivity contribution in [3.05, 3.63) is 79.7 Å². The Balaban J connectivity index is 1.01. The van der Waals surface area contributed by atoms with E-state index in [-0.39, 0.29) is 16.9 Å². The van der Waals surface area contributed by atoms with Gasteiger partial charge in [-0.3, -0.25) is 19.4 Å². The van der Waals surface area contributed by atoms with Crippen LogP contribution >= 0.6 is 11.3 Å². The van der Waals surface area contributed by atoms with Crippen LogP contribution in [0.1, 0.15) is 45.1 Å². The number of nitrogens with one attached hydrogen (secondary N) is 1. The van der Waals surface area contributed by atoms with Gasteiger partial charge in [0.25, 0.3) is 11.5 Å². The van der Waals surface area contributed by atoms with Crippen molar-refractivity contribution in [1.29, 1.82) is 0 Å². The van der Waals surface area contributed by atoms with E-state index in [2.05, 4.69) is 40.0 Å². The molecule has 0 saturated carbocycles. The van der Waals surface area contributed by atoms with Gasteiger partial charge in [0.05, 0.1) is 36.0 Å². The average Bonchev–Trinajstić information content (AvgIpc) is 3.52. The van der Waals surface area contributed by atoms with Crippen LogP contribution in [0, 0.1) is 12.3 Å². The molecule has 0 aromatic carbocycles. The first-order chi connectivity index (χ1) is 22.6. The number of fused-ring (bicyclic) bond motifs is 3. The molecule has 0 unspecified atom stereocenters. The van der Waals surface area contributed by atoms with Gasteiger partial charge in [-0.15, -0.1) is 11.3 Å². The molecule has 0 spiro atoms. The van der Waals surface area contributed by atoms with Gasteiger partial charge >= 0.3 is 0 Å². The van der Waals surface area contributed by atoms with Crippen molar-refractivity contribution >= 4 is 40.3 Å². The molecule has 11 heteroatoms. The molecular weight excluding hydrogens is 611 g/mol. The lowest BCUT2D eigenvalue weighted by Crippen LogP contribution is -2.56. The zero-order valence-electron chi connectivity index (χ0n) is 27.5. The molecule has 4 aromatic rings. The molecule has 1 N–H and O–H groups in total. The summed E-state index contributed by atoms with van der Waals surface area (Å²) in [6, 6.07) is 8.39. The molecule has 2 fully saturated rings. The van der Waals surface area contributed by atoms with Crippen molar-refractivity contribution in [1.82, 2.24) is 19.4 Å². The van der Waals surface area contributed by atoms with Crippen LogP contribution in [0.4, 0.5) is 23.0 Å². The highest BCUT2D eigenvalue weighted by Crippen LogP contribution is 2.46. The minimum absolute atomic E-state index is 0.0448. The molecule has 7 heterocycles. The predicted octanol–water partition coefficient (Wildman–Crippen LogP) is 4.80. The Morgan fingerprint density at radius 1 is 1.00 bits per heavy atom. The van der Waals surface area contributed by atoms with Gasteiger partial charge < -0.3 is 19.5 Å². The summed E-state index contributed by atoms with van der Waals surface area (Å²) >= 11 is 1.68. The third kappa shape index (κ3) is 5.44. The zero-order valence-corrected chi connectivity index (χ0v) is 28.3. The number of hydrogen-bond donors (Lipinski definition) is 1. The molecule has 47 heavy (non-hydrogen) atoms. The lowest BCUT2D eigenvalue weighted by atomic mass is 9.89. The fraction of sp³-hybridized carbons (Fsp3) is 0.444. The monoisotopic (exact) mass is 651 g/mol. The van der Waals surface area contributed by atoms with Crippen LogP contribution in [0.3, 0.4) is 0 Å². The van der Waals surface area contributed by atoms with Gasteiger partial charge in [-0.2, -0.15) is 0 Å². The second kappa shape index (κ2) is 11.6. The highest BCUT2D eigenvalue weighted by Gasteiger charge is 2.38. The van der Waals surface area contributed by atoms with E-state index in [1.807, 2.05) is 42.4 Å². The molecule has 0 bridgehead atoms. The largest absolute Gasteiger partial charge is 0.378 e. The summed E-state index contributed by atoms with van der Waals surface area (Å²) in [7, 11) is 1.76. The van der Waals surface area contributed by atoms with Crippen molar-refractivity contribution in [3.63, 3.8) is 0 Å². The van der Waals surface area contributed by atoms with Crippen LogP contribution in [-0.4, -0.2) is 77.3 Å². The maximum atomic E-state index is 13.8. The van der Waals surface area contributed by atoms with Crippen molar-refractivity contribution in [2.75, 3.05) is 61.1 Å². The number of amides is 1. The summed E-state index contributed by atoms with van der Waals surface area (Å²) in [5.41, 5.74) is 7.01. The molecule has 4 aliphatic rings. The number of rotatable bonds is 6. The minimum atomic E-state index is -0.143. The molecular formula is C36H41N7O3S. The van der Waals surface area contributed by atoms with E-state index in [4.69, 9.17) is 9.72 Å². The van der Waals surface area contributed by atoms with Crippen molar-refractivity contribution in [2.45, 2.75) is 46.1 Å². The van der Waals surface area contributed by atoms with Crippen molar-refractivity contribution < 1.29 is 9.53 Å². The summed E-state index contributed by atoms with van der Waals surface area (Å²) in [5.74, 6) is 1.33. The standard InChI is InChI=1S/C36H41N7O3S/c1-22-26(7-9-37-33(22)43-10-8-27-28-16-36(2,3)17-30(28)47-32(27)35(43)45)23-15-29(34(44)40(4)19-23)39-31-6-5-24(18-38-31)41-11-13-42(14-12-41)25-20-46-21-25/h5-7,9,15,18-19,25H,8,10-14,16-17,20-21H2,1-4H3,(H,38,39). The van der Waals surface area contributed by atoms with Crippen molar-refractivity contribution in [2.24, 2.45) is 12.5 Å². The number of hydrogen-bond acceptors (Lipinski definition) is 9. The number of pyridine rings is 3. The van der Waals surface area contributed by atoms with Crippen LogP contribution in [0.2, 0.25) is 0 Å². The minimum Gasteiger partial charge on any atom is -0.378 e. The van der Waals surface area contributed by atoms with Crippen LogP contribution < -0.4 is 20.7 Å². The summed E-state index contributed by atoms with van der Waals surface area (Å²) < 4.78 is 6.95. The molecule has 244 valence electrons. The van der Waals surface area contributed by atoms with Crippen LogP contribution in [0.5, 0.6) is 0 Å². The van der Waals surface area contributed by atoms with Gasteiger partial charge in [0.2, 0.25) is 0 Å². The van der Waals surface area contributed by atoms with E-state index in [1.165, 1.54) is 16.0 Å². The highest BCUT2D eigenvalue weighted by molar-refractivity contribution is 7.14. The molecule has 10 nitrogen and oxygen atoms in total. The number of carbonyl (C=O) groups is 1. The topological polar surface area (TPSA) is 95.8 Å². The quantitative estimate of drug-likeness (QED) is 0.318. The molecule has 0 atom stereocenters. The first-order valence-electron chi connectivity index (χ1n) is 16.6. The number of piperazine rings is 1. The van der Waals surface area contributed by atoms with E-state index in [1.54, 1.807) is 29.1 Å². The number of carbonyl (C=O) groups excluding carboxylic acids is 1. The maximum absolute atomic E-state index is 13.8. The molecule has 4 aromatic heterocycles. The molecule has 3 aliphatic heterocycles. The molecule has 1 aliphatic carbocycles. The number of ether oxygens (including phenoxy) is 1. The van der Waals surface area contributed by atoms with Crippen LogP contribution in [0.25, 0.3) is 11.1 Å². The predicted molar refractivity (Wildman–Crippen MR) is 186 cm³/mol. The second-order valence-electron chi connectivity index (χ2n) is 14.1. The van der Waals surface area contributed by atoms with Gasteiger partial charge in [-0.1, -0.05) is 13.8 Å². The van der Waals surface area contributed by atoms with Gasteiger partial charge in [0.1, 0.15) is 17.3 Å².